The van der Waals surface area contributed by atoms with Gasteiger partial charge in [0.05, 0.1) is 0 Å². The summed E-state index contributed by atoms with van der Waals surface area (Å²) in [4.78, 5) is 0. The molecule has 140 valence electrons. The minimum absolute atomic E-state index is 0.0993. The normalized spacial score (nSPS) is 22.1. The Morgan fingerprint density at radius 2 is 1.00 bits per heavy atom. The molecule has 0 bridgehead atoms. The van der Waals surface area contributed by atoms with Crippen LogP contribution in [0.3, 0.4) is 0 Å². The van der Waals surface area contributed by atoms with Gasteiger partial charge in [0, 0.05) is 11.3 Å². The molecule has 3 rings (SSSR count). The van der Waals surface area contributed by atoms with Crippen molar-refractivity contribution in [3.8, 4) is 0 Å². The van der Waals surface area contributed by atoms with E-state index in [0.29, 0.717) is 10.3 Å². The lowest BCUT2D eigenvalue weighted by Crippen LogP contribution is -2.24. The summed E-state index contributed by atoms with van der Waals surface area (Å²) in [5, 5.41) is 0.757. The van der Waals surface area contributed by atoms with Crippen molar-refractivity contribution < 1.29 is 0 Å². The molecule has 0 spiro atoms. The van der Waals surface area contributed by atoms with Gasteiger partial charge in [-0.2, -0.15) is 0 Å². The van der Waals surface area contributed by atoms with Crippen LogP contribution in [0.2, 0.25) is 0 Å². The van der Waals surface area contributed by atoms with E-state index in [-0.39, 0.29) is 15.2 Å². The van der Waals surface area contributed by atoms with Crippen LogP contribution in [0.1, 0.15) is 76.8 Å². The van der Waals surface area contributed by atoms with Gasteiger partial charge >= 0.3 is 0 Å². The standard InChI is InChI=1S/C24H34P2/c1-23(2,3)26(24(4,5)6)25-21(19-13-9-7-10-14-19)17-18-22(25)20-15-11-8-12-16-20/h7-16,21-22H,17-18H2,1-6H3/t21-,22-/m1/s1. The summed E-state index contributed by atoms with van der Waals surface area (Å²) in [7, 11) is -0.204. The molecule has 1 saturated heterocycles. The molecule has 0 unspecified atom stereocenters. The second-order valence-corrected chi connectivity index (χ2v) is 17.4. The lowest BCUT2D eigenvalue weighted by Gasteiger charge is -2.49. The number of hydrogen-bond acceptors (Lipinski definition) is 0. The molecular weight excluding hydrogens is 350 g/mol. The largest absolute Gasteiger partial charge is 0.0687 e. The maximum Gasteiger partial charge on any atom is 0.00866 e. The van der Waals surface area contributed by atoms with Crippen LogP contribution in [-0.2, 0) is 0 Å². The molecule has 1 fully saturated rings. The summed E-state index contributed by atoms with van der Waals surface area (Å²) in [5.74, 6) is 0. The van der Waals surface area contributed by atoms with E-state index in [4.69, 9.17) is 0 Å². The van der Waals surface area contributed by atoms with E-state index in [9.17, 15) is 0 Å². The smallest absolute Gasteiger partial charge is 0.00866 e. The van der Waals surface area contributed by atoms with Crippen molar-refractivity contribution in [2.24, 2.45) is 0 Å². The monoisotopic (exact) mass is 384 g/mol. The third-order valence-corrected chi connectivity index (χ3v) is 17.3. The highest BCUT2D eigenvalue weighted by atomic mass is 32.1. The Morgan fingerprint density at radius 1 is 0.654 bits per heavy atom. The van der Waals surface area contributed by atoms with Gasteiger partial charge in [0.1, 0.15) is 0 Å². The minimum Gasteiger partial charge on any atom is -0.0687 e. The van der Waals surface area contributed by atoms with Gasteiger partial charge < -0.3 is 0 Å². The Kier molecular flexibility index (Phi) is 5.96. The quantitative estimate of drug-likeness (QED) is 0.464. The minimum atomic E-state index is -0.105. The highest BCUT2D eigenvalue weighted by Gasteiger charge is 2.49. The van der Waals surface area contributed by atoms with Crippen LogP contribution < -0.4 is 0 Å². The van der Waals surface area contributed by atoms with Gasteiger partial charge in [-0.05, 0) is 34.3 Å². The summed E-state index contributed by atoms with van der Waals surface area (Å²) in [6, 6.07) is 22.8. The molecule has 0 radical (unpaired) electrons. The molecule has 26 heavy (non-hydrogen) atoms. The second kappa shape index (κ2) is 7.73. The summed E-state index contributed by atoms with van der Waals surface area (Å²) in [5.41, 5.74) is 4.66. The first-order valence-corrected chi connectivity index (χ1v) is 13.4. The van der Waals surface area contributed by atoms with Crippen LogP contribution in [0, 0.1) is 0 Å². The molecule has 1 aliphatic rings. The Hall–Kier alpha value is -0.700. The Balaban J connectivity index is 2.10. The van der Waals surface area contributed by atoms with Gasteiger partial charge in [0.25, 0.3) is 0 Å². The van der Waals surface area contributed by atoms with Gasteiger partial charge in [0.15, 0.2) is 0 Å². The van der Waals surface area contributed by atoms with Gasteiger partial charge in [-0.25, -0.2) is 0 Å². The van der Waals surface area contributed by atoms with Gasteiger partial charge in [-0.15, -0.1) is 0 Å². The third-order valence-electron chi connectivity index (χ3n) is 5.22. The summed E-state index contributed by atoms with van der Waals surface area (Å²) < 4.78 is 0. The molecule has 1 aliphatic heterocycles. The average molecular weight is 384 g/mol. The highest BCUT2D eigenvalue weighted by molar-refractivity contribution is 8.31. The summed E-state index contributed by atoms with van der Waals surface area (Å²) in [6.45, 7) is 15.0. The first-order valence-electron chi connectivity index (χ1n) is 9.88. The summed E-state index contributed by atoms with van der Waals surface area (Å²) >= 11 is 0. The zero-order valence-corrected chi connectivity index (χ0v) is 19.0. The van der Waals surface area contributed by atoms with Crippen molar-refractivity contribution in [3.63, 3.8) is 0 Å². The predicted molar refractivity (Wildman–Crippen MR) is 121 cm³/mol. The van der Waals surface area contributed by atoms with Crippen molar-refractivity contribution in [2.75, 3.05) is 0 Å². The van der Waals surface area contributed by atoms with Crippen molar-refractivity contribution in [1.29, 1.82) is 0 Å². The van der Waals surface area contributed by atoms with E-state index >= 15 is 0 Å². The van der Waals surface area contributed by atoms with E-state index in [2.05, 4.69) is 102 Å². The van der Waals surface area contributed by atoms with Gasteiger partial charge in [-0.1, -0.05) is 117 Å². The van der Waals surface area contributed by atoms with Crippen LogP contribution >= 0.6 is 15.2 Å². The van der Waals surface area contributed by atoms with E-state index in [1.165, 1.54) is 12.8 Å². The van der Waals surface area contributed by atoms with E-state index < -0.39 is 0 Å². The zero-order valence-electron chi connectivity index (χ0n) is 17.2. The topological polar surface area (TPSA) is 0 Å². The lowest BCUT2D eigenvalue weighted by atomic mass is 10.0. The number of rotatable bonds is 3. The highest BCUT2D eigenvalue weighted by Crippen LogP contribution is 2.92. The van der Waals surface area contributed by atoms with Crippen molar-refractivity contribution in [2.45, 2.75) is 76.0 Å². The van der Waals surface area contributed by atoms with Gasteiger partial charge in [0.2, 0.25) is 0 Å². The fourth-order valence-corrected chi connectivity index (χ4v) is 18.3. The Labute approximate surface area is 163 Å². The molecule has 1 heterocycles. The second-order valence-electron chi connectivity index (χ2n) is 9.46. The lowest BCUT2D eigenvalue weighted by molar-refractivity contribution is 0.718. The van der Waals surface area contributed by atoms with E-state index in [1.54, 1.807) is 11.1 Å². The third kappa shape index (κ3) is 4.24. The van der Waals surface area contributed by atoms with E-state index in [0.717, 1.165) is 11.3 Å². The van der Waals surface area contributed by atoms with Crippen LogP contribution in [-0.4, -0.2) is 10.3 Å². The van der Waals surface area contributed by atoms with E-state index in [1.807, 2.05) is 0 Å². The average Bonchev–Trinajstić information content (AvgIpc) is 2.98. The van der Waals surface area contributed by atoms with Crippen LogP contribution in [0.4, 0.5) is 0 Å². The maximum atomic E-state index is 2.49. The number of benzene rings is 2. The van der Waals surface area contributed by atoms with Crippen LogP contribution in [0.5, 0.6) is 0 Å². The zero-order chi connectivity index (χ0) is 18.9. The first kappa shape index (κ1) is 20.0. The fourth-order valence-electron chi connectivity index (χ4n) is 4.76. The van der Waals surface area contributed by atoms with Crippen LogP contribution in [0.15, 0.2) is 60.7 Å². The molecule has 0 aliphatic carbocycles. The molecule has 2 heteroatoms. The first-order chi connectivity index (χ1) is 12.2. The molecule has 0 nitrogen and oxygen atoms in total. The maximum absolute atomic E-state index is 2.49. The molecule has 2 aromatic rings. The molecular formula is C24H34P2. The molecule has 2 aromatic carbocycles. The van der Waals surface area contributed by atoms with Gasteiger partial charge in [-0.3, -0.25) is 0 Å². The molecule has 0 saturated carbocycles. The molecule has 0 aromatic heterocycles. The summed E-state index contributed by atoms with van der Waals surface area (Å²) in [6.07, 6.45) is 2.69. The van der Waals surface area contributed by atoms with Crippen LogP contribution in [0.25, 0.3) is 0 Å². The fraction of sp³-hybridized carbons (Fsp3) is 0.500. The van der Waals surface area contributed by atoms with Crippen molar-refractivity contribution in [1.82, 2.24) is 0 Å². The van der Waals surface area contributed by atoms with Crippen molar-refractivity contribution >= 4 is 15.2 Å². The molecule has 2 atom stereocenters. The number of hydrogen-bond donors (Lipinski definition) is 0. The van der Waals surface area contributed by atoms with Crippen molar-refractivity contribution in [3.05, 3.63) is 71.8 Å². The predicted octanol–water partition coefficient (Wildman–Crippen LogP) is 8.74. The molecule has 0 amide bonds. The Bertz CT molecular complexity index is 633. The SMILES string of the molecule is CC(C)(C)P(P1[C@@H](c2ccccc2)CC[C@@H]1c1ccccc1)C(C)(C)C. The Morgan fingerprint density at radius 3 is 1.31 bits per heavy atom. The molecule has 0 N–H and O–H groups in total.